The highest BCUT2D eigenvalue weighted by atomic mass is 19.4. The van der Waals surface area contributed by atoms with Crippen LogP contribution >= 0.6 is 0 Å². The fraction of sp³-hybridized carbons (Fsp3) is 0.526. The topological polar surface area (TPSA) is 67.2 Å². The number of fused-ring (bicyclic) bond motifs is 1. The monoisotopic (exact) mass is 394 g/mol. The summed E-state index contributed by atoms with van der Waals surface area (Å²) in [6.45, 7) is 4.13. The second kappa shape index (κ2) is 6.49. The largest absolute Gasteiger partial charge is 0.449 e. The molecule has 0 spiro atoms. The fourth-order valence-corrected chi connectivity index (χ4v) is 3.54. The van der Waals surface area contributed by atoms with Crippen molar-refractivity contribution < 1.29 is 22.8 Å². The molecule has 0 radical (unpaired) electrons. The number of hydrogen-bond acceptors (Lipinski definition) is 3. The molecule has 2 aliphatic rings. The molecule has 1 saturated heterocycles. The van der Waals surface area contributed by atoms with Crippen LogP contribution in [-0.2, 0) is 11.0 Å². The van der Waals surface area contributed by atoms with Crippen molar-refractivity contribution in [2.24, 2.45) is 5.92 Å². The molecule has 1 aromatic heterocycles. The van der Waals surface area contributed by atoms with Gasteiger partial charge in [0.05, 0.1) is 17.1 Å². The molecular formula is C19H21F3N4O2. The second-order valence-corrected chi connectivity index (χ2v) is 7.79. The van der Waals surface area contributed by atoms with E-state index in [1.54, 1.807) is 18.7 Å². The van der Waals surface area contributed by atoms with Crippen LogP contribution in [0.5, 0.6) is 0 Å². The van der Waals surface area contributed by atoms with Gasteiger partial charge in [0.2, 0.25) is 11.7 Å². The van der Waals surface area contributed by atoms with Gasteiger partial charge in [-0.05, 0) is 44.9 Å². The van der Waals surface area contributed by atoms with Crippen LogP contribution in [0.1, 0.15) is 48.9 Å². The average Bonchev–Trinajstić information content (AvgIpc) is 3.35. The minimum Gasteiger partial charge on any atom is -0.350 e. The molecule has 9 heteroatoms. The summed E-state index contributed by atoms with van der Waals surface area (Å²) in [5, 5.41) is 2.91. The van der Waals surface area contributed by atoms with Crippen LogP contribution in [0.15, 0.2) is 18.2 Å². The summed E-state index contributed by atoms with van der Waals surface area (Å²) < 4.78 is 41.1. The number of nitrogens with zero attached hydrogens (tertiary/aromatic N) is 3. The Morgan fingerprint density at radius 1 is 1.21 bits per heavy atom. The lowest BCUT2D eigenvalue weighted by atomic mass is 10.1. The van der Waals surface area contributed by atoms with Crippen molar-refractivity contribution in [3.05, 3.63) is 29.6 Å². The number of carbonyl (C=O) groups is 2. The molecule has 1 N–H and O–H groups in total. The molecule has 4 rings (SSSR count). The van der Waals surface area contributed by atoms with E-state index >= 15 is 0 Å². The first-order valence-corrected chi connectivity index (χ1v) is 9.34. The third-order valence-corrected chi connectivity index (χ3v) is 5.17. The highest BCUT2D eigenvalue weighted by Crippen LogP contribution is 2.34. The standard InChI is InChI=1S/C19H21F3N4O2/c1-10(2)26-15-6-5-12(7-14(15)24-18(26)19(20,21)22)17(28)25-8-13(9-25)23-16(27)11-3-4-11/h5-7,10-11,13H,3-4,8-9H2,1-2H3,(H,23,27). The Hall–Kier alpha value is -2.58. The molecular weight excluding hydrogens is 373 g/mol. The molecule has 0 unspecified atom stereocenters. The van der Waals surface area contributed by atoms with Gasteiger partial charge in [-0.15, -0.1) is 0 Å². The van der Waals surface area contributed by atoms with Gasteiger partial charge >= 0.3 is 6.18 Å². The van der Waals surface area contributed by atoms with Crippen molar-refractivity contribution >= 4 is 22.8 Å². The number of benzene rings is 1. The van der Waals surface area contributed by atoms with E-state index in [1.165, 1.54) is 18.2 Å². The smallest absolute Gasteiger partial charge is 0.350 e. The number of likely N-dealkylation sites (tertiary alicyclic amines) is 1. The summed E-state index contributed by atoms with van der Waals surface area (Å²) in [5.74, 6) is -1.08. The van der Waals surface area contributed by atoms with Crippen LogP contribution in [0.3, 0.4) is 0 Å². The normalized spacial score (nSPS) is 17.9. The number of alkyl halides is 3. The van der Waals surface area contributed by atoms with Crippen LogP contribution in [-0.4, -0.2) is 45.4 Å². The predicted octanol–water partition coefficient (Wildman–Crippen LogP) is 2.99. The molecule has 28 heavy (non-hydrogen) atoms. The van der Waals surface area contributed by atoms with Crippen molar-refractivity contribution in [3.8, 4) is 0 Å². The van der Waals surface area contributed by atoms with Crippen molar-refractivity contribution in [3.63, 3.8) is 0 Å². The summed E-state index contributed by atoms with van der Waals surface area (Å²) in [4.78, 5) is 29.7. The second-order valence-electron chi connectivity index (χ2n) is 7.79. The quantitative estimate of drug-likeness (QED) is 0.867. The first-order valence-electron chi connectivity index (χ1n) is 9.34. The highest BCUT2D eigenvalue weighted by Gasteiger charge is 2.39. The molecule has 1 aliphatic heterocycles. The van der Waals surface area contributed by atoms with E-state index in [0.717, 1.165) is 17.4 Å². The van der Waals surface area contributed by atoms with Crippen molar-refractivity contribution in [2.75, 3.05) is 13.1 Å². The zero-order valence-corrected chi connectivity index (χ0v) is 15.6. The third kappa shape index (κ3) is 3.33. The summed E-state index contributed by atoms with van der Waals surface area (Å²) in [6, 6.07) is 3.97. The van der Waals surface area contributed by atoms with Crippen LogP contribution in [0, 0.1) is 5.92 Å². The molecule has 1 saturated carbocycles. The van der Waals surface area contributed by atoms with Gasteiger partial charge in [-0.3, -0.25) is 9.59 Å². The number of aromatic nitrogens is 2. The maximum Gasteiger partial charge on any atom is 0.449 e. The Morgan fingerprint density at radius 3 is 2.46 bits per heavy atom. The molecule has 2 fully saturated rings. The van der Waals surface area contributed by atoms with Gasteiger partial charge in [0, 0.05) is 30.6 Å². The fourth-order valence-electron chi connectivity index (χ4n) is 3.54. The van der Waals surface area contributed by atoms with E-state index in [0.29, 0.717) is 24.2 Å². The number of nitrogens with one attached hydrogen (secondary N) is 1. The molecule has 150 valence electrons. The number of imidazole rings is 1. The third-order valence-electron chi connectivity index (χ3n) is 5.17. The lowest BCUT2D eigenvalue weighted by Crippen LogP contribution is -2.61. The number of hydrogen-bond donors (Lipinski definition) is 1. The molecule has 1 aromatic carbocycles. The van der Waals surface area contributed by atoms with Gasteiger partial charge in [0.15, 0.2) is 0 Å². The zero-order valence-electron chi connectivity index (χ0n) is 15.6. The van der Waals surface area contributed by atoms with Gasteiger partial charge < -0.3 is 14.8 Å². The van der Waals surface area contributed by atoms with Crippen molar-refractivity contribution in [2.45, 2.75) is 44.9 Å². The molecule has 1 aliphatic carbocycles. The van der Waals surface area contributed by atoms with Gasteiger partial charge in [0.25, 0.3) is 5.91 Å². The summed E-state index contributed by atoms with van der Waals surface area (Å²) in [6.07, 6.45) is -2.73. The first-order chi connectivity index (χ1) is 13.1. The van der Waals surface area contributed by atoms with Crippen LogP contribution < -0.4 is 5.32 Å². The Kier molecular flexibility index (Phi) is 4.35. The Bertz CT molecular complexity index is 941. The average molecular weight is 394 g/mol. The molecule has 2 aromatic rings. The van der Waals surface area contributed by atoms with Gasteiger partial charge in [-0.25, -0.2) is 4.98 Å². The number of carbonyl (C=O) groups excluding carboxylic acids is 2. The van der Waals surface area contributed by atoms with E-state index < -0.39 is 18.0 Å². The SMILES string of the molecule is CC(C)n1c(C(F)(F)F)nc2cc(C(=O)N3CC(NC(=O)C4CC4)C3)ccc21. The Labute approximate surface area is 159 Å². The number of halogens is 3. The van der Waals surface area contributed by atoms with E-state index in [2.05, 4.69) is 10.3 Å². The molecule has 6 nitrogen and oxygen atoms in total. The highest BCUT2D eigenvalue weighted by molar-refractivity contribution is 5.98. The summed E-state index contributed by atoms with van der Waals surface area (Å²) in [5.41, 5.74) is 0.782. The first kappa shape index (κ1) is 18.8. The van der Waals surface area contributed by atoms with Crippen molar-refractivity contribution in [1.82, 2.24) is 19.8 Å². The Morgan fingerprint density at radius 2 is 1.89 bits per heavy atom. The van der Waals surface area contributed by atoms with E-state index in [9.17, 15) is 22.8 Å². The van der Waals surface area contributed by atoms with E-state index in [1.807, 2.05) is 0 Å². The number of rotatable bonds is 4. The van der Waals surface area contributed by atoms with Gasteiger partial charge in [-0.1, -0.05) is 0 Å². The van der Waals surface area contributed by atoms with Crippen LogP contribution in [0.2, 0.25) is 0 Å². The van der Waals surface area contributed by atoms with Gasteiger partial charge in [-0.2, -0.15) is 13.2 Å². The minimum atomic E-state index is -4.57. The van der Waals surface area contributed by atoms with Crippen LogP contribution in [0.4, 0.5) is 13.2 Å². The minimum absolute atomic E-state index is 0.0393. The lowest BCUT2D eigenvalue weighted by Gasteiger charge is -2.39. The van der Waals surface area contributed by atoms with Crippen LogP contribution in [0.25, 0.3) is 11.0 Å². The maximum absolute atomic E-state index is 13.3. The summed E-state index contributed by atoms with van der Waals surface area (Å²) in [7, 11) is 0. The summed E-state index contributed by atoms with van der Waals surface area (Å²) >= 11 is 0. The predicted molar refractivity (Wildman–Crippen MR) is 95.7 cm³/mol. The molecule has 2 amide bonds. The van der Waals surface area contributed by atoms with E-state index in [-0.39, 0.29) is 29.3 Å². The molecule has 0 atom stereocenters. The lowest BCUT2D eigenvalue weighted by molar-refractivity contribution is -0.147. The maximum atomic E-state index is 13.3. The molecule has 2 heterocycles. The van der Waals surface area contributed by atoms with E-state index in [4.69, 9.17) is 0 Å². The Balaban J connectivity index is 1.52. The molecule has 0 bridgehead atoms. The van der Waals surface area contributed by atoms with Crippen molar-refractivity contribution in [1.29, 1.82) is 0 Å². The van der Waals surface area contributed by atoms with Gasteiger partial charge in [0.1, 0.15) is 0 Å². The zero-order chi connectivity index (χ0) is 20.2. The number of amides is 2.